The number of nitrogens with zero attached hydrogens (tertiary/aromatic N) is 3. The average molecular weight is 270 g/mol. The van der Waals surface area contributed by atoms with Crippen molar-refractivity contribution in [3.8, 4) is 5.69 Å². The maximum atomic E-state index is 5.99. The third-order valence-corrected chi connectivity index (χ3v) is 4.12. The van der Waals surface area contributed by atoms with Gasteiger partial charge in [0.15, 0.2) is 0 Å². The Labute approximate surface area is 120 Å². The quantitative estimate of drug-likeness (QED) is 0.925. The van der Waals surface area contributed by atoms with Gasteiger partial charge in [-0.15, -0.1) is 0 Å². The first-order chi connectivity index (χ1) is 9.72. The van der Waals surface area contributed by atoms with Crippen LogP contribution in [0.4, 0.5) is 0 Å². The van der Waals surface area contributed by atoms with Gasteiger partial charge in [0.1, 0.15) is 0 Å². The van der Waals surface area contributed by atoms with Crippen LogP contribution in [0.1, 0.15) is 18.9 Å². The molecule has 4 heteroatoms. The van der Waals surface area contributed by atoms with E-state index < -0.39 is 0 Å². The molecular formula is C16H22N4. The second-order valence-corrected chi connectivity index (χ2v) is 5.77. The number of hydrogen-bond donors (Lipinski definition) is 1. The average Bonchev–Trinajstić information content (AvgIpc) is 3.10. The summed E-state index contributed by atoms with van der Waals surface area (Å²) in [6.45, 7) is 5.33. The van der Waals surface area contributed by atoms with E-state index in [0.717, 1.165) is 25.3 Å². The van der Waals surface area contributed by atoms with Gasteiger partial charge in [0.2, 0.25) is 0 Å². The van der Waals surface area contributed by atoms with Crippen molar-refractivity contribution in [2.45, 2.75) is 25.9 Å². The highest BCUT2D eigenvalue weighted by Crippen LogP contribution is 2.20. The molecule has 0 radical (unpaired) electrons. The van der Waals surface area contributed by atoms with Crippen molar-refractivity contribution in [2.75, 3.05) is 13.1 Å². The fraction of sp³-hybridized carbons (Fsp3) is 0.438. The Morgan fingerprint density at radius 1 is 1.35 bits per heavy atom. The first-order valence-corrected chi connectivity index (χ1v) is 7.29. The highest BCUT2D eigenvalue weighted by atomic mass is 15.3. The van der Waals surface area contributed by atoms with Crippen LogP contribution in [0.3, 0.4) is 0 Å². The minimum atomic E-state index is 0.298. The molecule has 20 heavy (non-hydrogen) atoms. The minimum Gasteiger partial charge on any atom is -0.328 e. The smallest absolute Gasteiger partial charge is 0.0645 e. The van der Waals surface area contributed by atoms with Crippen molar-refractivity contribution >= 4 is 0 Å². The summed E-state index contributed by atoms with van der Waals surface area (Å²) in [4.78, 5) is 2.47. The molecule has 1 aromatic carbocycles. The molecule has 1 aliphatic rings. The number of aromatic nitrogens is 2. The van der Waals surface area contributed by atoms with Gasteiger partial charge in [-0.25, -0.2) is 4.68 Å². The maximum Gasteiger partial charge on any atom is 0.0645 e. The number of para-hydroxylation sites is 1. The highest BCUT2D eigenvalue weighted by Gasteiger charge is 2.25. The zero-order chi connectivity index (χ0) is 13.9. The van der Waals surface area contributed by atoms with E-state index in [9.17, 15) is 0 Å². The van der Waals surface area contributed by atoms with Gasteiger partial charge in [-0.1, -0.05) is 18.2 Å². The van der Waals surface area contributed by atoms with E-state index in [-0.39, 0.29) is 0 Å². The molecule has 4 nitrogen and oxygen atoms in total. The van der Waals surface area contributed by atoms with Crippen LogP contribution in [0.25, 0.3) is 5.69 Å². The summed E-state index contributed by atoms with van der Waals surface area (Å²) in [6, 6.07) is 10.5. The summed E-state index contributed by atoms with van der Waals surface area (Å²) in [5, 5.41) is 4.45. The monoisotopic (exact) mass is 270 g/mol. The van der Waals surface area contributed by atoms with Gasteiger partial charge in [0.05, 0.1) is 11.9 Å². The molecule has 106 valence electrons. The Bertz CT molecular complexity index is 547. The van der Waals surface area contributed by atoms with Crippen LogP contribution in [0.5, 0.6) is 0 Å². The van der Waals surface area contributed by atoms with Crippen molar-refractivity contribution in [1.29, 1.82) is 0 Å². The molecule has 2 aromatic rings. The second kappa shape index (κ2) is 5.77. The molecule has 0 saturated carbocycles. The van der Waals surface area contributed by atoms with Gasteiger partial charge in [-0.05, 0) is 37.9 Å². The fourth-order valence-corrected chi connectivity index (χ4v) is 2.86. The summed E-state index contributed by atoms with van der Waals surface area (Å²) >= 11 is 0. The van der Waals surface area contributed by atoms with Crippen molar-refractivity contribution < 1.29 is 0 Å². The standard InChI is InChI=1S/C16H22N4/c1-13(17)15-7-8-19(12-15)10-14-9-18-20(11-14)16-5-3-2-4-6-16/h2-6,9,11,13,15H,7-8,10,12,17H2,1H3. The largest absolute Gasteiger partial charge is 0.328 e. The van der Waals surface area contributed by atoms with Crippen LogP contribution in [0.2, 0.25) is 0 Å². The van der Waals surface area contributed by atoms with E-state index in [0.29, 0.717) is 12.0 Å². The first kappa shape index (κ1) is 13.3. The van der Waals surface area contributed by atoms with Gasteiger partial charge >= 0.3 is 0 Å². The SMILES string of the molecule is CC(N)C1CCN(Cc2cnn(-c3ccccc3)c2)C1. The number of likely N-dealkylation sites (tertiary alicyclic amines) is 1. The maximum absolute atomic E-state index is 5.99. The second-order valence-electron chi connectivity index (χ2n) is 5.77. The van der Waals surface area contributed by atoms with E-state index in [1.165, 1.54) is 12.0 Å². The van der Waals surface area contributed by atoms with Gasteiger partial charge < -0.3 is 5.73 Å². The van der Waals surface area contributed by atoms with Crippen LogP contribution in [0.15, 0.2) is 42.7 Å². The van der Waals surface area contributed by atoms with Crippen molar-refractivity contribution in [1.82, 2.24) is 14.7 Å². The van der Waals surface area contributed by atoms with Crippen LogP contribution < -0.4 is 5.73 Å². The van der Waals surface area contributed by atoms with Crippen LogP contribution >= 0.6 is 0 Å². The lowest BCUT2D eigenvalue weighted by Crippen LogP contribution is -2.29. The Morgan fingerprint density at radius 3 is 2.85 bits per heavy atom. The number of rotatable bonds is 4. The molecular weight excluding hydrogens is 248 g/mol. The molecule has 0 bridgehead atoms. The van der Waals surface area contributed by atoms with Crippen molar-refractivity contribution in [2.24, 2.45) is 11.7 Å². The zero-order valence-corrected chi connectivity index (χ0v) is 11.9. The molecule has 0 aliphatic carbocycles. The molecule has 0 amide bonds. The first-order valence-electron chi connectivity index (χ1n) is 7.29. The summed E-state index contributed by atoms with van der Waals surface area (Å²) < 4.78 is 1.94. The van der Waals surface area contributed by atoms with Gasteiger partial charge in [0.25, 0.3) is 0 Å². The molecule has 0 spiro atoms. The molecule has 2 unspecified atom stereocenters. The molecule has 2 N–H and O–H groups in total. The topological polar surface area (TPSA) is 47.1 Å². The predicted octanol–water partition coefficient (Wildman–Crippen LogP) is 2.04. The molecule has 1 fully saturated rings. The van der Waals surface area contributed by atoms with Crippen molar-refractivity contribution in [3.63, 3.8) is 0 Å². The minimum absolute atomic E-state index is 0.298. The normalized spacial score (nSPS) is 21.2. The lowest BCUT2D eigenvalue weighted by molar-refractivity contribution is 0.308. The van der Waals surface area contributed by atoms with E-state index in [2.05, 4.69) is 35.3 Å². The fourth-order valence-electron chi connectivity index (χ4n) is 2.86. The van der Waals surface area contributed by atoms with E-state index in [1.807, 2.05) is 29.1 Å². The molecule has 1 aliphatic heterocycles. The van der Waals surface area contributed by atoms with Gasteiger partial charge in [0, 0.05) is 30.9 Å². The molecule has 1 aromatic heterocycles. The third kappa shape index (κ3) is 2.92. The zero-order valence-electron chi connectivity index (χ0n) is 11.9. The van der Waals surface area contributed by atoms with Crippen LogP contribution in [0, 0.1) is 5.92 Å². The Kier molecular flexibility index (Phi) is 3.85. The van der Waals surface area contributed by atoms with E-state index in [4.69, 9.17) is 5.73 Å². The molecule has 3 rings (SSSR count). The lowest BCUT2D eigenvalue weighted by atomic mass is 10.0. The van der Waals surface area contributed by atoms with E-state index in [1.54, 1.807) is 0 Å². The van der Waals surface area contributed by atoms with E-state index >= 15 is 0 Å². The molecule has 1 saturated heterocycles. The molecule has 2 atom stereocenters. The summed E-state index contributed by atoms with van der Waals surface area (Å²) in [5.41, 5.74) is 8.36. The van der Waals surface area contributed by atoms with Gasteiger partial charge in [-0.2, -0.15) is 5.10 Å². The van der Waals surface area contributed by atoms with Crippen LogP contribution in [-0.2, 0) is 6.54 Å². The number of nitrogens with two attached hydrogens (primary N) is 1. The summed E-state index contributed by atoms with van der Waals surface area (Å²) in [7, 11) is 0. The van der Waals surface area contributed by atoms with Crippen molar-refractivity contribution in [3.05, 3.63) is 48.3 Å². The number of benzene rings is 1. The predicted molar refractivity (Wildman–Crippen MR) is 80.6 cm³/mol. The lowest BCUT2D eigenvalue weighted by Gasteiger charge is -2.16. The Balaban J connectivity index is 1.64. The molecule has 2 heterocycles. The number of hydrogen-bond acceptors (Lipinski definition) is 3. The highest BCUT2D eigenvalue weighted by molar-refractivity contribution is 5.30. The Hall–Kier alpha value is -1.65. The summed E-state index contributed by atoms with van der Waals surface area (Å²) in [6.07, 6.45) is 5.30. The van der Waals surface area contributed by atoms with Gasteiger partial charge in [-0.3, -0.25) is 4.90 Å². The third-order valence-electron chi connectivity index (χ3n) is 4.12. The van der Waals surface area contributed by atoms with Crippen LogP contribution in [-0.4, -0.2) is 33.8 Å². The summed E-state index contributed by atoms with van der Waals surface area (Å²) in [5.74, 6) is 0.638. The Morgan fingerprint density at radius 2 is 2.15 bits per heavy atom.